The number of hydrogen-bond donors (Lipinski definition) is 0. The fourth-order valence-corrected chi connectivity index (χ4v) is 3.63. The molecule has 0 bridgehead atoms. The van der Waals surface area contributed by atoms with E-state index in [-0.39, 0.29) is 11.2 Å². The monoisotopic (exact) mass is 367 g/mol. The summed E-state index contributed by atoms with van der Waals surface area (Å²) >= 11 is 1.35. The first-order valence-electron chi connectivity index (χ1n) is 7.77. The molecule has 3 aromatic rings. The van der Waals surface area contributed by atoms with Gasteiger partial charge in [0.1, 0.15) is 13.3 Å². The van der Waals surface area contributed by atoms with E-state index in [1.54, 1.807) is 29.1 Å². The van der Waals surface area contributed by atoms with Crippen LogP contribution >= 0.6 is 11.3 Å². The summed E-state index contributed by atoms with van der Waals surface area (Å²) in [6, 6.07) is 9.90. The van der Waals surface area contributed by atoms with Crippen molar-refractivity contribution < 1.29 is 4.92 Å². The number of benzene rings is 1. The lowest BCUT2D eigenvalue weighted by molar-refractivity contribution is -0.384. The van der Waals surface area contributed by atoms with Crippen LogP contribution in [0.15, 0.2) is 58.6 Å². The fraction of sp³-hybridized carbons (Fsp3) is 0.118. The van der Waals surface area contributed by atoms with Crippen LogP contribution in [0.5, 0.6) is 0 Å². The van der Waals surface area contributed by atoms with Crippen LogP contribution in [0, 0.1) is 10.1 Å². The Hall–Kier alpha value is -3.33. The van der Waals surface area contributed by atoms with Gasteiger partial charge >= 0.3 is 0 Å². The van der Waals surface area contributed by atoms with E-state index in [1.165, 1.54) is 23.5 Å². The van der Waals surface area contributed by atoms with Crippen molar-refractivity contribution in [2.24, 2.45) is 4.99 Å². The Morgan fingerprint density at radius 1 is 1.15 bits per heavy atom. The summed E-state index contributed by atoms with van der Waals surface area (Å²) < 4.78 is 2.23. The quantitative estimate of drug-likeness (QED) is 0.510. The number of nitrogens with zero attached hydrogens (tertiary/aromatic N) is 5. The number of hydrogen-bond acceptors (Lipinski definition) is 7. The Labute approximate surface area is 151 Å². The minimum Gasteiger partial charge on any atom is -0.334 e. The van der Waals surface area contributed by atoms with Crippen molar-refractivity contribution in [3.8, 4) is 0 Å². The zero-order valence-electron chi connectivity index (χ0n) is 13.5. The number of nitro groups is 1. The zero-order valence-corrected chi connectivity index (χ0v) is 14.3. The standard InChI is InChI=1S/C17H13N5O3S/c23-16-15(9-12-5-7-18-8-6-12)26-17-19-10-20(11-21(16)17)13-1-3-14(4-2-13)22(24)25/h1-9H,10-11H2. The average molecular weight is 367 g/mol. The van der Waals surface area contributed by atoms with Gasteiger partial charge in [-0.2, -0.15) is 0 Å². The Morgan fingerprint density at radius 2 is 1.88 bits per heavy atom. The van der Waals surface area contributed by atoms with E-state index in [4.69, 9.17) is 0 Å². The van der Waals surface area contributed by atoms with E-state index >= 15 is 0 Å². The van der Waals surface area contributed by atoms with Crippen molar-refractivity contribution in [3.63, 3.8) is 0 Å². The van der Waals surface area contributed by atoms with Gasteiger partial charge < -0.3 is 4.90 Å². The van der Waals surface area contributed by atoms with Crippen molar-refractivity contribution in [1.82, 2.24) is 9.55 Å². The summed E-state index contributed by atoms with van der Waals surface area (Å²) in [4.78, 5) is 34.0. The number of thiazole rings is 1. The summed E-state index contributed by atoms with van der Waals surface area (Å²) in [5.41, 5.74) is 1.62. The number of aromatic nitrogens is 2. The molecule has 3 heterocycles. The van der Waals surface area contributed by atoms with Crippen LogP contribution in [0.2, 0.25) is 0 Å². The number of anilines is 1. The van der Waals surface area contributed by atoms with Crippen LogP contribution in [0.3, 0.4) is 0 Å². The third-order valence-electron chi connectivity index (χ3n) is 4.01. The van der Waals surface area contributed by atoms with Gasteiger partial charge in [0.2, 0.25) is 0 Å². The normalized spacial score (nSPS) is 14.0. The van der Waals surface area contributed by atoms with Crippen LogP contribution in [-0.4, -0.2) is 21.1 Å². The van der Waals surface area contributed by atoms with E-state index in [0.717, 1.165) is 11.3 Å². The highest BCUT2D eigenvalue weighted by atomic mass is 32.1. The minimum absolute atomic E-state index is 0.0327. The first kappa shape index (κ1) is 16.2. The molecule has 0 spiro atoms. The Kier molecular flexibility index (Phi) is 4.05. The van der Waals surface area contributed by atoms with E-state index in [9.17, 15) is 14.9 Å². The lowest BCUT2D eigenvalue weighted by Crippen LogP contribution is -2.42. The molecular weight excluding hydrogens is 354 g/mol. The number of fused-ring (bicyclic) bond motifs is 1. The Balaban J connectivity index is 1.66. The van der Waals surface area contributed by atoms with Crippen LogP contribution in [0.1, 0.15) is 5.56 Å². The Morgan fingerprint density at radius 3 is 2.58 bits per heavy atom. The predicted molar refractivity (Wildman–Crippen MR) is 97.6 cm³/mol. The third-order valence-corrected chi connectivity index (χ3v) is 5.05. The van der Waals surface area contributed by atoms with Crippen molar-refractivity contribution in [3.05, 3.63) is 84.2 Å². The van der Waals surface area contributed by atoms with Gasteiger partial charge in [0.15, 0.2) is 4.80 Å². The maximum atomic E-state index is 12.7. The smallest absolute Gasteiger partial charge is 0.271 e. The number of rotatable bonds is 3. The fourth-order valence-electron chi connectivity index (χ4n) is 2.67. The maximum absolute atomic E-state index is 12.7. The molecule has 0 radical (unpaired) electrons. The second-order valence-corrected chi connectivity index (χ2v) is 6.67. The summed E-state index contributed by atoms with van der Waals surface area (Å²) in [6.07, 6.45) is 5.18. The largest absolute Gasteiger partial charge is 0.334 e. The highest BCUT2D eigenvalue weighted by Crippen LogP contribution is 2.20. The molecule has 0 fully saturated rings. The third kappa shape index (κ3) is 3.00. The molecule has 0 aliphatic carbocycles. The van der Waals surface area contributed by atoms with Crippen LogP contribution in [0.25, 0.3) is 6.08 Å². The molecular formula is C17H13N5O3S. The number of nitro benzene ring substituents is 1. The highest BCUT2D eigenvalue weighted by molar-refractivity contribution is 7.07. The van der Waals surface area contributed by atoms with Crippen molar-refractivity contribution in [2.75, 3.05) is 11.6 Å². The van der Waals surface area contributed by atoms with E-state index in [1.807, 2.05) is 23.1 Å². The molecule has 0 unspecified atom stereocenters. The average Bonchev–Trinajstić information content (AvgIpc) is 2.98. The van der Waals surface area contributed by atoms with Gasteiger partial charge in [0.05, 0.1) is 9.46 Å². The van der Waals surface area contributed by atoms with Crippen LogP contribution in [-0.2, 0) is 6.67 Å². The molecule has 0 amide bonds. The summed E-state index contributed by atoms with van der Waals surface area (Å²) in [5, 5.41) is 10.8. The SMILES string of the molecule is O=c1c(=Cc2ccncc2)sc2n1CN(c1ccc([N+](=O)[O-])cc1)CN=2. The Bertz CT molecular complexity index is 1140. The van der Waals surface area contributed by atoms with Gasteiger partial charge in [0, 0.05) is 30.2 Å². The lowest BCUT2D eigenvalue weighted by atomic mass is 10.2. The van der Waals surface area contributed by atoms with Crippen LogP contribution < -0.4 is 19.8 Å². The number of non-ortho nitro benzene ring substituents is 1. The molecule has 130 valence electrons. The van der Waals surface area contributed by atoms with Crippen molar-refractivity contribution >= 4 is 28.8 Å². The van der Waals surface area contributed by atoms with Crippen molar-refractivity contribution in [2.45, 2.75) is 6.67 Å². The minimum atomic E-state index is -0.437. The summed E-state index contributed by atoms with van der Waals surface area (Å²) in [6.45, 7) is 0.753. The van der Waals surface area contributed by atoms with Gasteiger partial charge in [-0.05, 0) is 35.9 Å². The molecule has 0 saturated carbocycles. The predicted octanol–water partition coefficient (Wildman–Crippen LogP) is 1.10. The van der Waals surface area contributed by atoms with Gasteiger partial charge in [-0.15, -0.1) is 0 Å². The molecule has 0 saturated heterocycles. The topological polar surface area (TPSA) is 93.6 Å². The first-order chi connectivity index (χ1) is 12.6. The zero-order chi connectivity index (χ0) is 18.1. The molecule has 9 heteroatoms. The van der Waals surface area contributed by atoms with Crippen molar-refractivity contribution in [1.29, 1.82) is 0 Å². The van der Waals surface area contributed by atoms with Gasteiger partial charge in [-0.3, -0.25) is 24.5 Å². The second kappa shape index (κ2) is 6.52. The molecule has 1 aliphatic heterocycles. The molecule has 1 aliphatic rings. The molecule has 0 N–H and O–H groups in total. The molecule has 8 nitrogen and oxygen atoms in total. The second-order valence-electron chi connectivity index (χ2n) is 5.66. The van der Waals surface area contributed by atoms with E-state index in [2.05, 4.69) is 9.98 Å². The molecule has 2 aromatic heterocycles. The first-order valence-corrected chi connectivity index (χ1v) is 8.59. The van der Waals surface area contributed by atoms with Gasteiger partial charge in [-0.1, -0.05) is 11.3 Å². The number of pyridine rings is 1. The lowest BCUT2D eigenvalue weighted by Gasteiger charge is -2.25. The highest BCUT2D eigenvalue weighted by Gasteiger charge is 2.16. The molecule has 26 heavy (non-hydrogen) atoms. The molecule has 0 atom stereocenters. The van der Waals surface area contributed by atoms with Gasteiger partial charge in [0.25, 0.3) is 11.2 Å². The van der Waals surface area contributed by atoms with E-state index in [0.29, 0.717) is 22.7 Å². The van der Waals surface area contributed by atoms with Crippen LogP contribution in [0.4, 0.5) is 11.4 Å². The van der Waals surface area contributed by atoms with E-state index < -0.39 is 4.92 Å². The summed E-state index contributed by atoms with van der Waals surface area (Å²) in [5.74, 6) is 0. The van der Waals surface area contributed by atoms with Gasteiger partial charge in [-0.25, -0.2) is 4.99 Å². The maximum Gasteiger partial charge on any atom is 0.271 e. The molecule has 4 rings (SSSR count). The molecule has 1 aromatic carbocycles. The summed E-state index contributed by atoms with van der Waals surface area (Å²) in [7, 11) is 0.